The normalized spacial score (nSPS) is 10.5. The molecule has 0 atom stereocenters. The molecule has 0 aliphatic heterocycles. The summed E-state index contributed by atoms with van der Waals surface area (Å²) in [7, 11) is 0. The van der Waals surface area contributed by atoms with Crippen molar-refractivity contribution in [1.82, 2.24) is 9.78 Å². The predicted molar refractivity (Wildman–Crippen MR) is 73.2 cm³/mol. The van der Waals surface area contributed by atoms with Gasteiger partial charge in [0, 0.05) is 6.07 Å². The lowest BCUT2D eigenvalue weighted by Gasteiger charge is -2.07. The minimum absolute atomic E-state index is 0.264. The van der Waals surface area contributed by atoms with E-state index >= 15 is 0 Å². The van der Waals surface area contributed by atoms with Gasteiger partial charge in [-0.2, -0.15) is 5.10 Å². The van der Waals surface area contributed by atoms with Crippen molar-refractivity contribution in [1.29, 1.82) is 0 Å². The van der Waals surface area contributed by atoms with Gasteiger partial charge in [-0.3, -0.25) is 4.79 Å². The number of nitrogens with zero attached hydrogens (tertiary/aromatic N) is 2. The Labute approximate surface area is 115 Å². The summed E-state index contributed by atoms with van der Waals surface area (Å²) in [6.07, 6.45) is 2.21. The minimum atomic E-state index is -0.308. The van der Waals surface area contributed by atoms with Gasteiger partial charge < -0.3 is 10.5 Å². The van der Waals surface area contributed by atoms with Gasteiger partial charge in [0.2, 0.25) is 0 Å². The predicted octanol–water partition coefficient (Wildman–Crippen LogP) is 1.16. The van der Waals surface area contributed by atoms with Crippen LogP contribution >= 0.6 is 0 Å². The molecular formula is C14H16FN3O2. The van der Waals surface area contributed by atoms with Crippen molar-refractivity contribution in [3.63, 3.8) is 0 Å². The highest BCUT2D eigenvalue weighted by atomic mass is 19.1. The van der Waals surface area contributed by atoms with Gasteiger partial charge in [0.25, 0.3) is 5.56 Å². The van der Waals surface area contributed by atoms with Crippen LogP contribution in [0.3, 0.4) is 0 Å². The third-order valence-corrected chi connectivity index (χ3v) is 2.71. The molecule has 0 amide bonds. The Morgan fingerprint density at radius 3 is 2.70 bits per heavy atom. The van der Waals surface area contributed by atoms with Gasteiger partial charge in [-0.1, -0.05) is 12.1 Å². The maximum Gasteiger partial charge on any atom is 0.270 e. The maximum absolute atomic E-state index is 12.8. The number of hydrogen-bond donors (Lipinski definition) is 1. The van der Waals surface area contributed by atoms with Gasteiger partial charge in [0.15, 0.2) is 0 Å². The van der Waals surface area contributed by atoms with Crippen LogP contribution in [0.5, 0.6) is 5.75 Å². The quantitative estimate of drug-likeness (QED) is 0.804. The van der Waals surface area contributed by atoms with E-state index in [1.165, 1.54) is 29.1 Å². The average molecular weight is 277 g/mol. The van der Waals surface area contributed by atoms with E-state index in [1.54, 1.807) is 12.1 Å². The fourth-order valence-electron chi connectivity index (χ4n) is 1.65. The third kappa shape index (κ3) is 3.89. The van der Waals surface area contributed by atoms with Crippen molar-refractivity contribution in [2.45, 2.75) is 13.0 Å². The molecule has 0 aliphatic carbocycles. The molecule has 0 saturated carbocycles. The summed E-state index contributed by atoms with van der Waals surface area (Å²) in [6, 6.07) is 7.33. The number of benzene rings is 1. The van der Waals surface area contributed by atoms with E-state index in [0.717, 1.165) is 12.0 Å². The topological polar surface area (TPSA) is 70.1 Å². The zero-order valence-electron chi connectivity index (χ0n) is 11.0. The van der Waals surface area contributed by atoms with Crippen LogP contribution < -0.4 is 16.0 Å². The van der Waals surface area contributed by atoms with E-state index in [2.05, 4.69) is 5.10 Å². The molecule has 0 aliphatic rings. The molecule has 6 heteroatoms. The molecule has 5 nitrogen and oxygen atoms in total. The van der Waals surface area contributed by atoms with Crippen molar-refractivity contribution in [2.24, 2.45) is 5.73 Å². The van der Waals surface area contributed by atoms with Gasteiger partial charge in [0.1, 0.15) is 11.6 Å². The first kappa shape index (κ1) is 14.2. The Hall–Kier alpha value is -2.21. The Balaban J connectivity index is 2.06. The molecule has 2 N–H and O–H groups in total. The molecule has 0 unspecified atom stereocenters. The summed E-state index contributed by atoms with van der Waals surface area (Å²) in [4.78, 5) is 11.9. The van der Waals surface area contributed by atoms with Crippen LogP contribution in [0.15, 0.2) is 41.3 Å². The highest BCUT2D eigenvalue weighted by molar-refractivity contribution is 5.17. The smallest absolute Gasteiger partial charge is 0.270 e. The summed E-state index contributed by atoms with van der Waals surface area (Å²) < 4.78 is 19.4. The zero-order valence-corrected chi connectivity index (χ0v) is 11.0. The Morgan fingerprint density at radius 1 is 1.30 bits per heavy atom. The first-order valence-electron chi connectivity index (χ1n) is 6.33. The van der Waals surface area contributed by atoms with Crippen molar-refractivity contribution < 1.29 is 9.13 Å². The maximum atomic E-state index is 12.8. The van der Waals surface area contributed by atoms with Crippen LogP contribution in [0.4, 0.5) is 4.39 Å². The van der Waals surface area contributed by atoms with E-state index in [1.807, 2.05) is 0 Å². The first-order chi connectivity index (χ1) is 9.69. The van der Waals surface area contributed by atoms with Crippen LogP contribution in [-0.4, -0.2) is 22.9 Å². The van der Waals surface area contributed by atoms with E-state index in [9.17, 15) is 9.18 Å². The van der Waals surface area contributed by atoms with Crippen LogP contribution in [0.1, 0.15) is 12.0 Å². The van der Waals surface area contributed by atoms with Gasteiger partial charge in [0.05, 0.1) is 19.3 Å². The number of nitrogens with two attached hydrogens (primary N) is 1. The molecule has 0 fully saturated rings. The Morgan fingerprint density at radius 2 is 2.05 bits per heavy atom. The first-order valence-corrected chi connectivity index (χ1v) is 6.33. The molecule has 0 radical (unpaired) electrons. The Kier molecular flexibility index (Phi) is 4.84. The van der Waals surface area contributed by atoms with Crippen LogP contribution in [0.25, 0.3) is 0 Å². The molecule has 1 aromatic carbocycles. The number of hydrogen-bond acceptors (Lipinski definition) is 4. The van der Waals surface area contributed by atoms with Gasteiger partial charge >= 0.3 is 0 Å². The highest BCUT2D eigenvalue weighted by Crippen LogP contribution is 2.06. The standard InChI is InChI=1S/C14H16FN3O2/c15-12-4-2-11(3-5-12)10-18-14(19)8-13(9-17-18)20-7-1-6-16/h2-5,8-9H,1,6-7,10,16H2. The number of halogens is 1. The van der Waals surface area contributed by atoms with E-state index in [0.29, 0.717) is 25.4 Å². The third-order valence-electron chi connectivity index (χ3n) is 2.71. The van der Waals surface area contributed by atoms with E-state index in [4.69, 9.17) is 10.5 Å². The van der Waals surface area contributed by atoms with Crippen molar-refractivity contribution >= 4 is 0 Å². The van der Waals surface area contributed by atoms with Crippen molar-refractivity contribution in [2.75, 3.05) is 13.2 Å². The van der Waals surface area contributed by atoms with Crippen molar-refractivity contribution in [3.8, 4) is 5.75 Å². The number of aromatic nitrogens is 2. The molecule has 2 aromatic rings. The summed E-state index contributed by atoms with van der Waals surface area (Å²) in [5.41, 5.74) is 5.89. The Bertz CT molecular complexity index is 611. The van der Waals surface area contributed by atoms with Gasteiger partial charge in [-0.15, -0.1) is 0 Å². The summed E-state index contributed by atoms with van der Waals surface area (Å²) >= 11 is 0. The summed E-state index contributed by atoms with van der Waals surface area (Å²) in [5, 5.41) is 4.03. The SMILES string of the molecule is NCCCOc1cnn(Cc2ccc(F)cc2)c(=O)c1. The van der Waals surface area contributed by atoms with E-state index < -0.39 is 0 Å². The molecule has 1 aromatic heterocycles. The summed E-state index contributed by atoms with van der Waals surface area (Å²) in [5.74, 6) is 0.122. The number of rotatable bonds is 6. The van der Waals surface area contributed by atoms with E-state index in [-0.39, 0.29) is 11.4 Å². The molecule has 1 heterocycles. The molecular weight excluding hydrogens is 261 g/mol. The van der Waals surface area contributed by atoms with Gasteiger partial charge in [-0.05, 0) is 30.7 Å². The second-order valence-electron chi connectivity index (χ2n) is 4.30. The summed E-state index contributed by atoms with van der Waals surface area (Å²) in [6.45, 7) is 1.29. The monoisotopic (exact) mass is 277 g/mol. The molecule has 0 spiro atoms. The molecule has 2 rings (SSSR count). The van der Waals surface area contributed by atoms with Gasteiger partial charge in [-0.25, -0.2) is 9.07 Å². The molecule has 0 saturated heterocycles. The van der Waals surface area contributed by atoms with Crippen LogP contribution in [0, 0.1) is 5.82 Å². The average Bonchev–Trinajstić information content (AvgIpc) is 2.44. The lowest BCUT2D eigenvalue weighted by Crippen LogP contribution is -2.22. The minimum Gasteiger partial charge on any atom is -0.492 e. The largest absolute Gasteiger partial charge is 0.492 e. The lowest BCUT2D eigenvalue weighted by atomic mass is 10.2. The zero-order chi connectivity index (χ0) is 14.4. The second kappa shape index (κ2) is 6.81. The van der Waals surface area contributed by atoms with Crippen LogP contribution in [0.2, 0.25) is 0 Å². The fraction of sp³-hybridized carbons (Fsp3) is 0.286. The lowest BCUT2D eigenvalue weighted by molar-refractivity contribution is 0.309. The molecule has 106 valence electrons. The fourth-order valence-corrected chi connectivity index (χ4v) is 1.65. The van der Waals surface area contributed by atoms with Crippen molar-refractivity contribution in [3.05, 3.63) is 58.3 Å². The second-order valence-corrected chi connectivity index (χ2v) is 4.30. The highest BCUT2D eigenvalue weighted by Gasteiger charge is 2.02. The molecule has 20 heavy (non-hydrogen) atoms. The molecule has 0 bridgehead atoms. The number of ether oxygens (including phenoxy) is 1. The van der Waals surface area contributed by atoms with Crippen LogP contribution in [-0.2, 0) is 6.54 Å².